The fourth-order valence-corrected chi connectivity index (χ4v) is 2.16. The van der Waals surface area contributed by atoms with Crippen molar-refractivity contribution in [2.24, 2.45) is 7.05 Å². The van der Waals surface area contributed by atoms with Gasteiger partial charge in [-0.1, -0.05) is 30.7 Å². The first-order valence-electron chi connectivity index (χ1n) is 6.08. The summed E-state index contributed by atoms with van der Waals surface area (Å²) in [6, 6.07) is 6.55. The highest BCUT2D eigenvalue weighted by molar-refractivity contribution is 6.30. The maximum Gasteiger partial charge on any atom is 0.345 e. The number of halogens is 1. The normalized spacial score (nSPS) is 14.3. The van der Waals surface area contributed by atoms with E-state index < -0.39 is 12.1 Å². The van der Waals surface area contributed by atoms with Crippen LogP contribution in [-0.4, -0.2) is 19.5 Å². The van der Waals surface area contributed by atoms with Gasteiger partial charge in [0.25, 0.3) is 0 Å². The smallest absolute Gasteiger partial charge is 0.345 e. The van der Waals surface area contributed by atoms with Crippen LogP contribution in [0.4, 0.5) is 0 Å². The van der Waals surface area contributed by atoms with Gasteiger partial charge in [0, 0.05) is 12.1 Å². The summed E-state index contributed by atoms with van der Waals surface area (Å²) < 4.78 is 2.70. The van der Waals surface area contributed by atoms with E-state index >= 15 is 0 Å². The molecule has 2 atom stereocenters. The number of nitrogens with zero attached hydrogens (tertiary/aromatic N) is 3. The highest BCUT2D eigenvalue weighted by atomic mass is 35.5. The molecule has 2 unspecified atom stereocenters. The minimum absolute atomic E-state index is 0.236. The van der Waals surface area contributed by atoms with E-state index in [1.165, 1.54) is 15.6 Å². The van der Waals surface area contributed by atoms with E-state index in [-0.39, 0.29) is 5.69 Å². The van der Waals surface area contributed by atoms with Crippen molar-refractivity contribution in [1.82, 2.24) is 14.3 Å². The quantitative estimate of drug-likeness (QED) is 0.931. The Balaban J connectivity index is 2.34. The predicted molar refractivity (Wildman–Crippen MR) is 73.2 cm³/mol. The van der Waals surface area contributed by atoms with E-state index in [9.17, 15) is 9.90 Å². The van der Waals surface area contributed by atoms with Gasteiger partial charge >= 0.3 is 5.69 Å². The van der Waals surface area contributed by atoms with E-state index in [0.29, 0.717) is 17.0 Å². The van der Waals surface area contributed by atoms with Gasteiger partial charge in [-0.2, -0.15) is 5.10 Å². The molecule has 19 heavy (non-hydrogen) atoms. The topological polar surface area (TPSA) is 60.0 Å². The number of aryl methyl sites for hydroxylation is 1. The molecule has 0 spiro atoms. The van der Waals surface area contributed by atoms with Crippen LogP contribution in [-0.2, 0) is 7.05 Å². The van der Waals surface area contributed by atoms with Crippen LogP contribution in [0.2, 0.25) is 5.02 Å². The average molecular weight is 282 g/mol. The fourth-order valence-electron chi connectivity index (χ4n) is 2.03. The van der Waals surface area contributed by atoms with Crippen LogP contribution in [0.1, 0.15) is 31.1 Å². The third kappa shape index (κ3) is 2.72. The SMILES string of the molecule is CCC(C(O)c1ccc(Cl)cc1)n1ncn(C)c1=O. The van der Waals surface area contributed by atoms with Crippen molar-refractivity contribution >= 4 is 11.6 Å². The van der Waals surface area contributed by atoms with Crippen LogP contribution in [0.25, 0.3) is 0 Å². The standard InChI is InChI=1S/C13H16ClN3O2/c1-3-11(17-13(19)16(2)8-15-17)12(18)9-4-6-10(14)7-5-9/h4-8,11-12,18H,3H2,1-2H3. The number of hydrogen-bond acceptors (Lipinski definition) is 3. The van der Waals surface area contributed by atoms with Crippen molar-refractivity contribution in [3.8, 4) is 0 Å². The molecule has 0 aliphatic heterocycles. The van der Waals surface area contributed by atoms with Crippen LogP contribution < -0.4 is 5.69 Å². The molecule has 0 aliphatic rings. The predicted octanol–water partition coefficient (Wildman–Crippen LogP) is 1.92. The zero-order valence-corrected chi connectivity index (χ0v) is 11.6. The van der Waals surface area contributed by atoms with E-state index in [1.54, 1.807) is 31.3 Å². The lowest BCUT2D eigenvalue weighted by Gasteiger charge is -2.21. The summed E-state index contributed by atoms with van der Waals surface area (Å²) in [4.78, 5) is 11.9. The summed E-state index contributed by atoms with van der Waals surface area (Å²) >= 11 is 5.82. The molecular weight excluding hydrogens is 266 g/mol. The lowest BCUT2D eigenvalue weighted by atomic mass is 10.0. The summed E-state index contributed by atoms with van der Waals surface area (Å²) in [6.45, 7) is 1.91. The van der Waals surface area contributed by atoms with Crippen LogP contribution >= 0.6 is 11.6 Å². The Morgan fingerprint density at radius 2 is 2.00 bits per heavy atom. The van der Waals surface area contributed by atoms with Gasteiger partial charge in [-0.05, 0) is 24.1 Å². The molecule has 1 heterocycles. The lowest BCUT2D eigenvalue weighted by molar-refractivity contribution is 0.101. The van der Waals surface area contributed by atoms with Crippen LogP contribution in [0.3, 0.4) is 0 Å². The van der Waals surface area contributed by atoms with Crippen LogP contribution in [0, 0.1) is 0 Å². The monoisotopic (exact) mass is 281 g/mol. The number of rotatable bonds is 4. The van der Waals surface area contributed by atoms with Crippen molar-refractivity contribution in [3.05, 3.63) is 51.7 Å². The van der Waals surface area contributed by atoms with Crippen molar-refractivity contribution < 1.29 is 5.11 Å². The first-order valence-corrected chi connectivity index (χ1v) is 6.46. The number of benzene rings is 1. The molecule has 5 nitrogen and oxygen atoms in total. The molecule has 1 aromatic carbocycles. The molecule has 0 saturated heterocycles. The van der Waals surface area contributed by atoms with Gasteiger partial charge in [0.2, 0.25) is 0 Å². The zero-order chi connectivity index (χ0) is 14.0. The second-order valence-electron chi connectivity index (χ2n) is 4.44. The molecule has 0 radical (unpaired) electrons. The molecule has 102 valence electrons. The molecule has 6 heteroatoms. The second kappa shape index (κ2) is 5.59. The van der Waals surface area contributed by atoms with E-state index in [0.717, 1.165) is 0 Å². The van der Waals surface area contributed by atoms with Gasteiger partial charge in [-0.3, -0.25) is 4.57 Å². The molecule has 2 rings (SSSR count). The Hall–Kier alpha value is -1.59. The van der Waals surface area contributed by atoms with Gasteiger partial charge in [-0.25, -0.2) is 9.48 Å². The van der Waals surface area contributed by atoms with Crippen molar-refractivity contribution in [2.75, 3.05) is 0 Å². The minimum Gasteiger partial charge on any atom is -0.386 e. The Kier molecular flexibility index (Phi) is 4.07. The second-order valence-corrected chi connectivity index (χ2v) is 4.88. The summed E-state index contributed by atoms with van der Waals surface area (Å²) in [7, 11) is 1.63. The van der Waals surface area contributed by atoms with E-state index in [2.05, 4.69) is 5.10 Å². The molecule has 1 N–H and O–H groups in total. The zero-order valence-electron chi connectivity index (χ0n) is 10.8. The molecule has 0 amide bonds. The summed E-state index contributed by atoms with van der Waals surface area (Å²) in [5.74, 6) is 0. The summed E-state index contributed by atoms with van der Waals surface area (Å²) in [6.07, 6.45) is 1.25. The van der Waals surface area contributed by atoms with Gasteiger partial charge in [0.1, 0.15) is 12.4 Å². The number of hydrogen-bond donors (Lipinski definition) is 1. The van der Waals surface area contributed by atoms with Crippen LogP contribution in [0.5, 0.6) is 0 Å². The first-order chi connectivity index (χ1) is 9.04. The maximum absolute atomic E-state index is 11.9. The Morgan fingerprint density at radius 1 is 1.37 bits per heavy atom. The molecule has 2 aromatic rings. The van der Waals surface area contributed by atoms with Crippen LogP contribution in [0.15, 0.2) is 35.4 Å². The van der Waals surface area contributed by atoms with Gasteiger partial charge < -0.3 is 5.11 Å². The largest absolute Gasteiger partial charge is 0.386 e. The Bertz CT molecular complexity index is 603. The molecule has 0 saturated carbocycles. The summed E-state index contributed by atoms with van der Waals surface area (Å²) in [5.41, 5.74) is 0.480. The van der Waals surface area contributed by atoms with E-state index in [4.69, 9.17) is 11.6 Å². The maximum atomic E-state index is 11.9. The van der Waals surface area contributed by atoms with Crippen molar-refractivity contribution in [2.45, 2.75) is 25.5 Å². The molecule has 0 fully saturated rings. The average Bonchev–Trinajstić information content (AvgIpc) is 2.73. The summed E-state index contributed by atoms with van der Waals surface area (Å²) in [5, 5.41) is 15.0. The Labute approximate surface area is 116 Å². The minimum atomic E-state index is -0.796. The molecule has 0 bridgehead atoms. The molecule has 0 aliphatic carbocycles. The number of aliphatic hydroxyl groups excluding tert-OH is 1. The molecule has 1 aromatic heterocycles. The lowest BCUT2D eigenvalue weighted by Crippen LogP contribution is -2.30. The van der Waals surface area contributed by atoms with Gasteiger partial charge in [0.05, 0.1) is 6.04 Å². The Morgan fingerprint density at radius 3 is 2.47 bits per heavy atom. The number of aromatic nitrogens is 3. The van der Waals surface area contributed by atoms with Crippen molar-refractivity contribution in [1.29, 1.82) is 0 Å². The highest BCUT2D eigenvalue weighted by Crippen LogP contribution is 2.28. The number of aliphatic hydroxyl groups is 1. The third-order valence-corrected chi connectivity index (χ3v) is 3.41. The molecular formula is C13H16ClN3O2. The highest BCUT2D eigenvalue weighted by Gasteiger charge is 2.23. The fraction of sp³-hybridized carbons (Fsp3) is 0.385. The van der Waals surface area contributed by atoms with Gasteiger partial charge in [-0.15, -0.1) is 0 Å². The third-order valence-electron chi connectivity index (χ3n) is 3.16. The van der Waals surface area contributed by atoms with Crippen molar-refractivity contribution in [3.63, 3.8) is 0 Å². The first kappa shape index (κ1) is 13.8. The van der Waals surface area contributed by atoms with Gasteiger partial charge in [0.15, 0.2) is 0 Å². The van der Waals surface area contributed by atoms with E-state index in [1.807, 2.05) is 6.92 Å².